The zero-order valence-corrected chi connectivity index (χ0v) is 15.4. The molecular weight excluding hydrogens is 342 g/mol. The molecule has 1 saturated heterocycles. The van der Waals surface area contributed by atoms with Crippen molar-refractivity contribution < 1.29 is 9.21 Å². The first kappa shape index (κ1) is 16.4. The molecule has 1 aromatic carbocycles. The van der Waals surface area contributed by atoms with E-state index in [1.165, 1.54) is 12.8 Å². The first-order valence-corrected chi connectivity index (χ1v) is 9.59. The number of nitrogens with zero attached hydrogens (tertiary/aromatic N) is 3. The predicted octanol–water partition coefficient (Wildman–Crippen LogP) is 3.42. The van der Waals surface area contributed by atoms with Gasteiger partial charge >= 0.3 is 6.01 Å². The summed E-state index contributed by atoms with van der Waals surface area (Å²) >= 11 is 0. The van der Waals surface area contributed by atoms with E-state index in [4.69, 9.17) is 4.42 Å². The minimum Gasteiger partial charge on any atom is -0.402 e. The number of carbonyl (C=O) groups is 1. The molecule has 0 bridgehead atoms. The van der Waals surface area contributed by atoms with Crippen molar-refractivity contribution in [2.75, 3.05) is 18.4 Å². The SMILES string of the molecule is C[C@@H](Nc1nnc(-c2cc3ccccc3[nH]2)o1)C(=O)N1CCC2(CC1)CC2. The molecule has 2 aromatic heterocycles. The minimum atomic E-state index is -0.394. The molecule has 0 radical (unpaired) electrons. The van der Waals surface area contributed by atoms with Gasteiger partial charge in [0.2, 0.25) is 5.91 Å². The van der Waals surface area contributed by atoms with E-state index in [1.807, 2.05) is 42.2 Å². The fraction of sp³-hybridized carbons (Fsp3) is 0.450. The van der Waals surface area contributed by atoms with Gasteiger partial charge in [-0.15, -0.1) is 5.10 Å². The Morgan fingerprint density at radius 3 is 2.74 bits per heavy atom. The van der Waals surface area contributed by atoms with Crippen LogP contribution in [-0.4, -0.2) is 45.1 Å². The standard InChI is InChI=1S/C20H23N5O2/c1-13(18(26)25-10-8-20(6-7-20)9-11-25)21-19-24-23-17(27-19)16-12-14-4-2-3-5-15(14)22-16/h2-5,12-13,22H,6-11H2,1H3,(H,21,24)/t13-/m1/s1. The Kier molecular flexibility index (Phi) is 3.70. The number of likely N-dealkylation sites (tertiary alicyclic amines) is 1. The first-order chi connectivity index (χ1) is 13.1. The quantitative estimate of drug-likeness (QED) is 0.740. The summed E-state index contributed by atoms with van der Waals surface area (Å²) < 4.78 is 5.72. The van der Waals surface area contributed by atoms with Gasteiger partial charge in [0.15, 0.2) is 0 Å². The number of aromatic nitrogens is 3. The maximum Gasteiger partial charge on any atom is 0.316 e. The van der Waals surface area contributed by atoms with Crippen LogP contribution in [-0.2, 0) is 4.79 Å². The normalized spacial score (nSPS) is 19.4. The highest BCUT2D eigenvalue weighted by atomic mass is 16.4. The van der Waals surface area contributed by atoms with Crippen molar-refractivity contribution >= 4 is 22.8 Å². The molecule has 1 aliphatic carbocycles. The van der Waals surface area contributed by atoms with E-state index in [-0.39, 0.29) is 11.9 Å². The zero-order chi connectivity index (χ0) is 18.4. The third-order valence-electron chi connectivity index (χ3n) is 5.99. The Labute approximate surface area is 157 Å². The average molecular weight is 365 g/mol. The summed E-state index contributed by atoms with van der Waals surface area (Å²) in [6.07, 6.45) is 4.94. The lowest BCUT2D eigenvalue weighted by atomic mass is 9.93. The van der Waals surface area contributed by atoms with Gasteiger partial charge in [-0.1, -0.05) is 23.3 Å². The molecule has 0 unspecified atom stereocenters. The van der Waals surface area contributed by atoms with Crippen LogP contribution in [0.1, 0.15) is 32.6 Å². The number of H-pyrrole nitrogens is 1. The number of hydrogen-bond donors (Lipinski definition) is 2. The fourth-order valence-electron chi connectivity index (χ4n) is 3.98. The summed E-state index contributed by atoms with van der Waals surface area (Å²) in [4.78, 5) is 17.9. The minimum absolute atomic E-state index is 0.0934. The Bertz CT molecular complexity index is 944. The smallest absolute Gasteiger partial charge is 0.316 e. The number of para-hydroxylation sites is 1. The Morgan fingerprint density at radius 2 is 2.00 bits per heavy atom. The van der Waals surface area contributed by atoms with Crippen molar-refractivity contribution in [3.05, 3.63) is 30.3 Å². The summed E-state index contributed by atoms with van der Waals surface area (Å²) in [6, 6.07) is 9.83. The van der Waals surface area contributed by atoms with Crippen molar-refractivity contribution in [1.82, 2.24) is 20.1 Å². The summed E-state index contributed by atoms with van der Waals surface area (Å²) in [5.41, 5.74) is 2.35. The molecule has 3 heterocycles. The van der Waals surface area contributed by atoms with Crippen LogP contribution in [0.5, 0.6) is 0 Å². The number of amides is 1. The molecule has 2 aliphatic rings. The van der Waals surface area contributed by atoms with Crippen molar-refractivity contribution in [3.8, 4) is 11.6 Å². The van der Waals surface area contributed by atoms with E-state index < -0.39 is 6.04 Å². The summed E-state index contributed by atoms with van der Waals surface area (Å²) in [6.45, 7) is 3.56. The van der Waals surface area contributed by atoms with Crippen LogP contribution in [0.4, 0.5) is 6.01 Å². The maximum absolute atomic E-state index is 12.7. The van der Waals surface area contributed by atoms with Crippen molar-refractivity contribution in [1.29, 1.82) is 0 Å². The van der Waals surface area contributed by atoms with Gasteiger partial charge in [-0.05, 0) is 50.2 Å². The molecule has 1 spiro atoms. The molecule has 1 atom stereocenters. The summed E-state index contributed by atoms with van der Waals surface area (Å²) in [5.74, 6) is 0.498. The molecular formula is C20H23N5O2. The second kappa shape index (κ2) is 6.11. The van der Waals surface area contributed by atoms with Crippen molar-refractivity contribution in [2.24, 2.45) is 5.41 Å². The largest absolute Gasteiger partial charge is 0.402 e. The first-order valence-electron chi connectivity index (χ1n) is 9.59. The van der Waals surface area contributed by atoms with Crippen LogP contribution in [0, 0.1) is 5.41 Å². The number of aromatic amines is 1. The molecule has 5 rings (SSSR count). The third kappa shape index (κ3) is 3.07. The number of fused-ring (bicyclic) bond motifs is 1. The van der Waals surface area contributed by atoms with Crippen LogP contribution < -0.4 is 5.32 Å². The summed E-state index contributed by atoms with van der Waals surface area (Å²) in [5, 5.41) is 12.3. The Morgan fingerprint density at radius 1 is 1.22 bits per heavy atom. The third-order valence-corrected chi connectivity index (χ3v) is 5.99. The van der Waals surface area contributed by atoms with Gasteiger partial charge < -0.3 is 19.6 Å². The van der Waals surface area contributed by atoms with Gasteiger partial charge in [-0.2, -0.15) is 0 Å². The van der Waals surface area contributed by atoms with Gasteiger partial charge in [0, 0.05) is 24.0 Å². The molecule has 1 aliphatic heterocycles. The fourth-order valence-corrected chi connectivity index (χ4v) is 3.98. The highest BCUT2D eigenvalue weighted by Gasteiger charge is 2.45. The maximum atomic E-state index is 12.7. The van der Waals surface area contributed by atoms with E-state index in [9.17, 15) is 4.79 Å². The molecule has 7 nitrogen and oxygen atoms in total. The molecule has 27 heavy (non-hydrogen) atoms. The second-order valence-corrected chi connectivity index (χ2v) is 7.87. The summed E-state index contributed by atoms with van der Waals surface area (Å²) in [7, 11) is 0. The number of hydrogen-bond acceptors (Lipinski definition) is 5. The van der Waals surface area contributed by atoms with Crippen LogP contribution in [0.3, 0.4) is 0 Å². The van der Waals surface area contributed by atoms with Gasteiger partial charge in [0.1, 0.15) is 11.7 Å². The number of carbonyl (C=O) groups excluding carboxylic acids is 1. The zero-order valence-electron chi connectivity index (χ0n) is 15.4. The van der Waals surface area contributed by atoms with Crippen molar-refractivity contribution in [2.45, 2.75) is 38.6 Å². The van der Waals surface area contributed by atoms with Crippen LogP contribution in [0.2, 0.25) is 0 Å². The van der Waals surface area contributed by atoms with Crippen molar-refractivity contribution in [3.63, 3.8) is 0 Å². The Hall–Kier alpha value is -2.83. The molecule has 3 aromatic rings. The molecule has 140 valence electrons. The highest BCUT2D eigenvalue weighted by molar-refractivity contribution is 5.85. The number of rotatable bonds is 4. The monoisotopic (exact) mass is 365 g/mol. The topological polar surface area (TPSA) is 87.0 Å². The van der Waals surface area contributed by atoms with E-state index in [2.05, 4.69) is 20.5 Å². The molecule has 2 N–H and O–H groups in total. The molecule has 1 amide bonds. The second-order valence-electron chi connectivity index (χ2n) is 7.87. The van der Waals surface area contributed by atoms with E-state index in [0.29, 0.717) is 11.3 Å². The molecule has 2 fully saturated rings. The van der Waals surface area contributed by atoms with Crippen LogP contribution in [0.15, 0.2) is 34.7 Å². The van der Waals surface area contributed by atoms with Crippen LogP contribution in [0.25, 0.3) is 22.5 Å². The lowest BCUT2D eigenvalue weighted by Crippen LogP contribution is -2.45. The van der Waals surface area contributed by atoms with Gasteiger partial charge in [-0.3, -0.25) is 4.79 Å². The van der Waals surface area contributed by atoms with E-state index in [0.717, 1.165) is 42.5 Å². The average Bonchev–Trinajstić information content (AvgIpc) is 3.10. The molecule has 1 saturated carbocycles. The predicted molar refractivity (Wildman–Crippen MR) is 102 cm³/mol. The highest BCUT2D eigenvalue weighted by Crippen LogP contribution is 2.53. The van der Waals surface area contributed by atoms with E-state index in [1.54, 1.807) is 0 Å². The lowest BCUT2D eigenvalue weighted by molar-refractivity contribution is -0.133. The van der Waals surface area contributed by atoms with Crippen LogP contribution >= 0.6 is 0 Å². The number of piperidine rings is 1. The van der Waals surface area contributed by atoms with Gasteiger partial charge in [0.05, 0.1) is 0 Å². The van der Waals surface area contributed by atoms with Gasteiger partial charge in [0.25, 0.3) is 5.89 Å². The van der Waals surface area contributed by atoms with Gasteiger partial charge in [-0.25, -0.2) is 0 Å². The number of nitrogens with one attached hydrogen (secondary N) is 2. The number of anilines is 1. The van der Waals surface area contributed by atoms with E-state index >= 15 is 0 Å². The molecule has 7 heteroatoms. The number of benzene rings is 1. The Balaban J connectivity index is 1.25. The lowest BCUT2D eigenvalue weighted by Gasteiger charge is -2.33.